The number of amides is 1. The number of carbonyl (C=O) groups is 1. The summed E-state index contributed by atoms with van der Waals surface area (Å²) in [5, 5.41) is 0. The van der Waals surface area contributed by atoms with Gasteiger partial charge in [0.25, 0.3) is 5.91 Å². The molecule has 8 heteroatoms. The summed E-state index contributed by atoms with van der Waals surface area (Å²) in [4.78, 5) is 24.6. The third kappa shape index (κ3) is 3.89. The van der Waals surface area contributed by atoms with Gasteiger partial charge in [-0.25, -0.2) is 9.97 Å². The van der Waals surface area contributed by atoms with Crippen molar-refractivity contribution < 1.29 is 18.0 Å². The molecule has 27 heavy (non-hydrogen) atoms. The first kappa shape index (κ1) is 17.8. The standard InChI is InChI=1S/C19H19F3N4O/c20-19(21,22)14-2-1-3-15(10-14)25-6-8-26(9-7-25)18(27)17-11-16(13-4-5-13)23-12-24-17/h1-3,10-13H,4-9H2. The number of aromatic nitrogens is 2. The lowest BCUT2D eigenvalue weighted by Crippen LogP contribution is -2.49. The average Bonchev–Trinajstić information content (AvgIpc) is 3.52. The number of carbonyl (C=O) groups excluding carboxylic acids is 1. The van der Waals surface area contributed by atoms with E-state index in [2.05, 4.69) is 9.97 Å². The van der Waals surface area contributed by atoms with Gasteiger partial charge in [-0.05, 0) is 37.1 Å². The quantitative estimate of drug-likeness (QED) is 0.825. The molecule has 0 bridgehead atoms. The van der Waals surface area contributed by atoms with E-state index < -0.39 is 11.7 Å². The molecule has 0 spiro atoms. The van der Waals surface area contributed by atoms with Crippen LogP contribution in [0, 0.1) is 0 Å². The van der Waals surface area contributed by atoms with Crippen LogP contribution in [-0.4, -0.2) is 47.0 Å². The van der Waals surface area contributed by atoms with Crippen molar-refractivity contribution in [2.24, 2.45) is 0 Å². The molecule has 2 aromatic rings. The van der Waals surface area contributed by atoms with Gasteiger partial charge in [0, 0.05) is 43.5 Å². The molecular weight excluding hydrogens is 357 g/mol. The normalized spacial score (nSPS) is 17.9. The van der Waals surface area contributed by atoms with E-state index in [0.29, 0.717) is 43.5 Å². The molecule has 2 fully saturated rings. The van der Waals surface area contributed by atoms with Crippen molar-refractivity contribution in [3.05, 3.63) is 53.6 Å². The van der Waals surface area contributed by atoms with Crippen LogP contribution in [0.25, 0.3) is 0 Å². The molecule has 2 heterocycles. The van der Waals surface area contributed by atoms with Gasteiger partial charge >= 0.3 is 6.18 Å². The summed E-state index contributed by atoms with van der Waals surface area (Å²) < 4.78 is 38.7. The highest BCUT2D eigenvalue weighted by atomic mass is 19.4. The number of halogens is 3. The zero-order valence-corrected chi connectivity index (χ0v) is 14.6. The monoisotopic (exact) mass is 376 g/mol. The fourth-order valence-corrected chi connectivity index (χ4v) is 3.30. The molecule has 1 aliphatic carbocycles. The highest BCUT2D eigenvalue weighted by Crippen LogP contribution is 2.38. The molecule has 0 unspecified atom stereocenters. The lowest BCUT2D eigenvalue weighted by atomic mass is 10.1. The second-order valence-electron chi connectivity index (χ2n) is 6.93. The number of hydrogen-bond donors (Lipinski definition) is 0. The molecule has 0 atom stereocenters. The number of nitrogens with zero attached hydrogens (tertiary/aromatic N) is 4. The molecule has 0 radical (unpaired) electrons. The van der Waals surface area contributed by atoms with E-state index >= 15 is 0 Å². The van der Waals surface area contributed by atoms with Crippen LogP contribution in [0.2, 0.25) is 0 Å². The van der Waals surface area contributed by atoms with Gasteiger partial charge in [0.05, 0.1) is 5.56 Å². The van der Waals surface area contributed by atoms with E-state index in [1.165, 1.54) is 12.4 Å². The summed E-state index contributed by atoms with van der Waals surface area (Å²) >= 11 is 0. The van der Waals surface area contributed by atoms with Crippen LogP contribution in [0.3, 0.4) is 0 Å². The number of anilines is 1. The van der Waals surface area contributed by atoms with E-state index in [-0.39, 0.29) is 5.91 Å². The Labute approximate surface area is 154 Å². The Balaban J connectivity index is 1.41. The number of piperazine rings is 1. The highest BCUT2D eigenvalue weighted by Gasteiger charge is 2.32. The van der Waals surface area contributed by atoms with Crippen LogP contribution < -0.4 is 4.90 Å². The molecular formula is C19H19F3N4O. The first-order valence-corrected chi connectivity index (χ1v) is 8.95. The topological polar surface area (TPSA) is 49.3 Å². The minimum Gasteiger partial charge on any atom is -0.368 e. The summed E-state index contributed by atoms with van der Waals surface area (Å²) in [5.41, 5.74) is 1.16. The molecule has 1 aromatic carbocycles. The van der Waals surface area contributed by atoms with Gasteiger partial charge in [-0.1, -0.05) is 6.07 Å². The zero-order valence-electron chi connectivity index (χ0n) is 14.6. The Kier molecular flexibility index (Phi) is 4.49. The predicted molar refractivity (Wildman–Crippen MR) is 93.6 cm³/mol. The van der Waals surface area contributed by atoms with E-state index in [1.807, 2.05) is 4.90 Å². The summed E-state index contributed by atoms with van der Waals surface area (Å²) in [6.45, 7) is 1.84. The van der Waals surface area contributed by atoms with Crippen molar-refractivity contribution in [1.29, 1.82) is 0 Å². The van der Waals surface area contributed by atoms with Gasteiger partial charge in [-0.2, -0.15) is 13.2 Å². The fourth-order valence-electron chi connectivity index (χ4n) is 3.30. The number of alkyl halides is 3. The first-order valence-electron chi connectivity index (χ1n) is 8.95. The maximum absolute atomic E-state index is 12.9. The second-order valence-corrected chi connectivity index (χ2v) is 6.93. The number of hydrogen-bond acceptors (Lipinski definition) is 4. The molecule has 2 aliphatic rings. The predicted octanol–water partition coefficient (Wildman–Crippen LogP) is 3.34. The molecule has 1 saturated heterocycles. The van der Waals surface area contributed by atoms with Gasteiger partial charge < -0.3 is 9.80 Å². The summed E-state index contributed by atoms with van der Waals surface area (Å²) in [7, 11) is 0. The maximum Gasteiger partial charge on any atom is 0.416 e. The molecule has 1 aliphatic heterocycles. The molecule has 0 N–H and O–H groups in total. The fraction of sp³-hybridized carbons (Fsp3) is 0.421. The molecule has 142 valence electrons. The molecule has 1 aromatic heterocycles. The van der Waals surface area contributed by atoms with Gasteiger partial charge in [-0.3, -0.25) is 4.79 Å². The Hall–Kier alpha value is -2.64. The smallest absolute Gasteiger partial charge is 0.368 e. The first-order chi connectivity index (χ1) is 12.9. The van der Waals surface area contributed by atoms with E-state index in [9.17, 15) is 18.0 Å². The average molecular weight is 376 g/mol. The van der Waals surface area contributed by atoms with Crippen LogP contribution in [0.4, 0.5) is 18.9 Å². The van der Waals surface area contributed by atoms with Crippen molar-refractivity contribution >= 4 is 11.6 Å². The Bertz CT molecular complexity index is 843. The lowest BCUT2D eigenvalue weighted by Gasteiger charge is -2.36. The summed E-state index contributed by atoms with van der Waals surface area (Å²) in [6.07, 6.45) is -0.736. The highest BCUT2D eigenvalue weighted by molar-refractivity contribution is 5.92. The van der Waals surface area contributed by atoms with Gasteiger partial charge in [0.15, 0.2) is 0 Å². The van der Waals surface area contributed by atoms with Gasteiger partial charge in [-0.15, -0.1) is 0 Å². The van der Waals surface area contributed by atoms with Crippen LogP contribution >= 0.6 is 0 Å². The number of rotatable bonds is 3. The van der Waals surface area contributed by atoms with Crippen LogP contribution in [0.15, 0.2) is 36.7 Å². The Morgan fingerprint density at radius 1 is 1.04 bits per heavy atom. The molecule has 1 saturated carbocycles. The second kappa shape index (κ2) is 6.83. The third-order valence-corrected chi connectivity index (χ3v) is 5.01. The Morgan fingerprint density at radius 3 is 2.44 bits per heavy atom. The molecule has 1 amide bonds. The van der Waals surface area contributed by atoms with Crippen molar-refractivity contribution in [3.8, 4) is 0 Å². The minimum absolute atomic E-state index is 0.150. The van der Waals surface area contributed by atoms with Crippen LogP contribution in [0.1, 0.15) is 40.5 Å². The molecule has 5 nitrogen and oxygen atoms in total. The largest absolute Gasteiger partial charge is 0.416 e. The summed E-state index contributed by atoms with van der Waals surface area (Å²) in [6, 6.07) is 7.06. The van der Waals surface area contributed by atoms with E-state index in [1.54, 1.807) is 17.0 Å². The van der Waals surface area contributed by atoms with Crippen molar-refractivity contribution in [1.82, 2.24) is 14.9 Å². The zero-order chi connectivity index (χ0) is 19.0. The van der Waals surface area contributed by atoms with Crippen molar-refractivity contribution in [2.75, 3.05) is 31.1 Å². The third-order valence-electron chi connectivity index (χ3n) is 5.01. The van der Waals surface area contributed by atoms with Crippen LogP contribution in [0.5, 0.6) is 0 Å². The summed E-state index contributed by atoms with van der Waals surface area (Å²) in [5.74, 6) is 0.292. The SMILES string of the molecule is O=C(c1cc(C2CC2)ncn1)N1CCN(c2cccc(C(F)(F)F)c2)CC1. The number of benzene rings is 1. The molecule has 4 rings (SSSR count). The van der Waals surface area contributed by atoms with Crippen molar-refractivity contribution in [2.45, 2.75) is 24.9 Å². The van der Waals surface area contributed by atoms with Crippen LogP contribution in [-0.2, 0) is 6.18 Å². The van der Waals surface area contributed by atoms with Crippen molar-refractivity contribution in [3.63, 3.8) is 0 Å². The van der Waals surface area contributed by atoms with Gasteiger partial charge in [0.1, 0.15) is 12.0 Å². The Morgan fingerprint density at radius 2 is 1.78 bits per heavy atom. The maximum atomic E-state index is 12.9. The van der Waals surface area contributed by atoms with Gasteiger partial charge in [0.2, 0.25) is 0 Å². The lowest BCUT2D eigenvalue weighted by molar-refractivity contribution is -0.137. The van der Waals surface area contributed by atoms with E-state index in [4.69, 9.17) is 0 Å². The minimum atomic E-state index is -4.36. The van der Waals surface area contributed by atoms with E-state index in [0.717, 1.165) is 30.7 Å².